The molecule has 1 heterocycles. The van der Waals surface area contributed by atoms with Crippen LogP contribution in [0.1, 0.15) is 30.9 Å². The van der Waals surface area contributed by atoms with E-state index in [1.54, 1.807) is 0 Å². The molecule has 0 saturated carbocycles. The van der Waals surface area contributed by atoms with Gasteiger partial charge in [-0.05, 0) is 44.9 Å². The Hall–Kier alpha value is -1.06. The van der Waals surface area contributed by atoms with Crippen LogP contribution in [0.2, 0.25) is 0 Å². The number of benzene rings is 1. The van der Waals surface area contributed by atoms with Crippen LogP contribution in [0.4, 0.5) is 0 Å². The van der Waals surface area contributed by atoms with E-state index in [-0.39, 0.29) is 6.10 Å². The molecule has 1 aromatic carbocycles. The van der Waals surface area contributed by atoms with E-state index in [0.29, 0.717) is 12.7 Å². The number of hydrogen-bond donors (Lipinski definition) is 1. The summed E-state index contributed by atoms with van der Waals surface area (Å²) < 4.78 is 11.8. The van der Waals surface area contributed by atoms with Gasteiger partial charge < -0.3 is 14.8 Å². The Morgan fingerprint density at radius 3 is 2.79 bits per heavy atom. The Bertz CT molecular complexity index is 406. The van der Waals surface area contributed by atoms with Gasteiger partial charge in [-0.2, -0.15) is 0 Å². The van der Waals surface area contributed by atoms with Crippen molar-refractivity contribution < 1.29 is 9.47 Å². The fourth-order valence-electron chi connectivity index (χ4n) is 2.50. The average molecular weight is 263 g/mol. The van der Waals surface area contributed by atoms with Crippen molar-refractivity contribution in [1.29, 1.82) is 0 Å². The number of hydrogen-bond acceptors (Lipinski definition) is 3. The van der Waals surface area contributed by atoms with Gasteiger partial charge in [0.1, 0.15) is 12.4 Å². The number of likely N-dealkylation sites (N-methyl/N-ethyl adjacent to an activating group) is 1. The summed E-state index contributed by atoms with van der Waals surface area (Å²) in [6, 6.07) is 6.29. The Labute approximate surface area is 116 Å². The largest absolute Gasteiger partial charge is 0.491 e. The third kappa shape index (κ3) is 4.22. The van der Waals surface area contributed by atoms with E-state index < -0.39 is 0 Å². The highest BCUT2D eigenvalue weighted by atomic mass is 16.5. The SMILES string of the molecule is CCNCC1CCC(COc2ccc(C)cc2C)O1. The highest BCUT2D eigenvalue weighted by Crippen LogP contribution is 2.23. The number of ether oxygens (including phenoxy) is 2. The predicted octanol–water partition coefficient (Wildman–Crippen LogP) is 2.84. The third-order valence-electron chi connectivity index (χ3n) is 3.57. The van der Waals surface area contributed by atoms with Crippen LogP contribution >= 0.6 is 0 Å². The smallest absolute Gasteiger partial charge is 0.122 e. The van der Waals surface area contributed by atoms with Gasteiger partial charge >= 0.3 is 0 Å². The van der Waals surface area contributed by atoms with E-state index in [2.05, 4.69) is 44.3 Å². The first kappa shape index (κ1) is 14.4. The monoisotopic (exact) mass is 263 g/mol. The molecule has 19 heavy (non-hydrogen) atoms. The molecule has 106 valence electrons. The lowest BCUT2D eigenvalue weighted by Gasteiger charge is -2.16. The fourth-order valence-corrected chi connectivity index (χ4v) is 2.50. The first-order chi connectivity index (χ1) is 9.19. The summed E-state index contributed by atoms with van der Waals surface area (Å²) in [6.45, 7) is 8.93. The maximum absolute atomic E-state index is 5.96. The van der Waals surface area contributed by atoms with Gasteiger partial charge in [-0.3, -0.25) is 0 Å². The second kappa shape index (κ2) is 6.92. The van der Waals surface area contributed by atoms with Crippen LogP contribution in [-0.2, 0) is 4.74 Å². The van der Waals surface area contributed by atoms with Gasteiger partial charge in [-0.1, -0.05) is 24.6 Å². The van der Waals surface area contributed by atoms with Crippen molar-refractivity contribution >= 4 is 0 Å². The average Bonchev–Trinajstić information content (AvgIpc) is 2.83. The number of rotatable bonds is 6. The molecule has 0 spiro atoms. The maximum Gasteiger partial charge on any atom is 0.122 e. The molecule has 1 fully saturated rings. The molecule has 1 aliphatic rings. The van der Waals surface area contributed by atoms with E-state index in [0.717, 1.165) is 31.7 Å². The lowest BCUT2D eigenvalue weighted by molar-refractivity contribution is 0.0187. The maximum atomic E-state index is 5.96. The predicted molar refractivity (Wildman–Crippen MR) is 77.8 cm³/mol. The molecule has 0 bridgehead atoms. The van der Waals surface area contributed by atoms with Crippen molar-refractivity contribution in [1.82, 2.24) is 5.32 Å². The lowest BCUT2D eigenvalue weighted by Crippen LogP contribution is -2.28. The zero-order valence-electron chi connectivity index (χ0n) is 12.2. The molecule has 2 rings (SSSR count). The first-order valence-electron chi connectivity index (χ1n) is 7.25. The van der Waals surface area contributed by atoms with E-state index in [9.17, 15) is 0 Å². The topological polar surface area (TPSA) is 30.5 Å². The summed E-state index contributed by atoms with van der Waals surface area (Å²) in [6.07, 6.45) is 2.83. The van der Waals surface area contributed by atoms with Crippen molar-refractivity contribution in [3.63, 3.8) is 0 Å². The zero-order valence-corrected chi connectivity index (χ0v) is 12.2. The fraction of sp³-hybridized carbons (Fsp3) is 0.625. The Morgan fingerprint density at radius 1 is 1.26 bits per heavy atom. The minimum Gasteiger partial charge on any atom is -0.491 e. The van der Waals surface area contributed by atoms with Crippen LogP contribution in [0, 0.1) is 13.8 Å². The molecule has 3 heteroatoms. The number of aryl methyl sites for hydroxylation is 2. The lowest BCUT2D eigenvalue weighted by atomic mass is 10.1. The second-order valence-electron chi connectivity index (χ2n) is 5.35. The molecule has 2 atom stereocenters. The highest BCUT2D eigenvalue weighted by Gasteiger charge is 2.25. The van der Waals surface area contributed by atoms with Crippen molar-refractivity contribution in [2.75, 3.05) is 19.7 Å². The van der Waals surface area contributed by atoms with Gasteiger partial charge in [0.2, 0.25) is 0 Å². The van der Waals surface area contributed by atoms with Crippen LogP contribution in [0.15, 0.2) is 18.2 Å². The second-order valence-corrected chi connectivity index (χ2v) is 5.35. The highest BCUT2D eigenvalue weighted by molar-refractivity contribution is 5.35. The van der Waals surface area contributed by atoms with Gasteiger partial charge in [-0.15, -0.1) is 0 Å². The standard InChI is InChI=1S/C16H25NO2/c1-4-17-10-14-6-7-15(19-14)11-18-16-8-5-12(2)9-13(16)3/h5,8-9,14-15,17H,4,6-7,10-11H2,1-3H3. The molecule has 1 aliphatic heterocycles. The summed E-state index contributed by atoms with van der Waals surface area (Å²) in [7, 11) is 0. The summed E-state index contributed by atoms with van der Waals surface area (Å²) in [5.74, 6) is 0.976. The molecule has 3 nitrogen and oxygen atoms in total. The zero-order chi connectivity index (χ0) is 13.7. The molecule has 0 amide bonds. The van der Waals surface area contributed by atoms with Crippen LogP contribution in [0.25, 0.3) is 0 Å². The van der Waals surface area contributed by atoms with Crippen LogP contribution in [0.5, 0.6) is 5.75 Å². The Morgan fingerprint density at radius 2 is 2.05 bits per heavy atom. The van der Waals surface area contributed by atoms with Gasteiger partial charge in [0, 0.05) is 6.54 Å². The molecule has 0 aromatic heterocycles. The van der Waals surface area contributed by atoms with E-state index >= 15 is 0 Å². The van der Waals surface area contributed by atoms with Gasteiger partial charge in [-0.25, -0.2) is 0 Å². The number of nitrogens with one attached hydrogen (secondary N) is 1. The molecule has 1 aromatic rings. The van der Waals surface area contributed by atoms with E-state index in [1.807, 2.05) is 0 Å². The van der Waals surface area contributed by atoms with E-state index in [1.165, 1.54) is 11.1 Å². The van der Waals surface area contributed by atoms with Gasteiger partial charge in [0.05, 0.1) is 12.2 Å². The van der Waals surface area contributed by atoms with Crippen molar-refractivity contribution in [2.45, 2.75) is 45.8 Å². The Kier molecular flexibility index (Phi) is 5.23. The summed E-state index contributed by atoms with van der Waals surface area (Å²) in [5, 5.41) is 3.33. The first-order valence-corrected chi connectivity index (χ1v) is 7.25. The van der Waals surface area contributed by atoms with E-state index in [4.69, 9.17) is 9.47 Å². The molecule has 1 N–H and O–H groups in total. The molecule has 0 radical (unpaired) electrons. The summed E-state index contributed by atoms with van der Waals surface area (Å²) in [4.78, 5) is 0. The quantitative estimate of drug-likeness (QED) is 0.856. The van der Waals surface area contributed by atoms with Crippen molar-refractivity contribution in [2.24, 2.45) is 0 Å². The molecular weight excluding hydrogens is 238 g/mol. The third-order valence-corrected chi connectivity index (χ3v) is 3.57. The molecule has 0 aliphatic carbocycles. The molecule has 2 unspecified atom stereocenters. The van der Waals surface area contributed by atoms with Gasteiger partial charge in [0.25, 0.3) is 0 Å². The van der Waals surface area contributed by atoms with Crippen molar-refractivity contribution in [3.8, 4) is 5.75 Å². The van der Waals surface area contributed by atoms with Gasteiger partial charge in [0.15, 0.2) is 0 Å². The minimum absolute atomic E-state index is 0.240. The molecule has 1 saturated heterocycles. The van der Waals surface area contributed by atoms with Crippen molar-refractivity contribution in [3.05, 3.63) is 29.3 Å². The Balaban J connectivity index is 1.77. The van der Waals surface area contributed by atoms with Crippen LogP contribution < -0.4 is 10.1 Å². The summed E-state index contributed by atoms with van der Waals surface area (Å²) >= 11 is 0. The summed E-state index contributed by atoms with van der Waals surface area (Å²) in [5.41, 5.74) is 2.47. The van der Waals surface area contributed by atoms with Crippen LogP contribution in [0.3, 0.4) is 0 Å². The minimum atomic E-state index is 0.240. The normalized spacial score (nSPS) is 22.7. The van der Waals surface area contributed by atoms with Crippen LogP contribution in [-0.4, -0.2) is 31.9 Å². The molecular formula is C16H25NO2.